The van der Waals surface area contributed by atoms with Gasteiger partial charge in [0, 0.05) is 12.5 Å². The lowest BCUT2D eigenvalue weighted by Gasteiger charge is -2.41. The third-order valence-corrected chi connectivity index (χ3v) is 2.50. The predicted octanol–water partition coefficient (Wildman–Crippen LogP) is 0.459. The highest BCUT2D eigenvalue weighted by Crippen LogP contribution is 2.20. The number of hydrogen-bond acceptors (Lipinski definition) is 4. The van der Waals surface area contributed by atoms with Gasteiger partial charge in [-0.25, -0.2) is 0 Å². The highest BCUT2D eigenvalue weighted by atomic mass is 16.5. The van der Waals surface area contributed by atoms with Crippen molar-refractivity contribution in [3.05, 3.63) is 0 Å². The number of rotatable bonds is 3. The Hall–Kier alpha value is -0.900. The van der Waals surface area contributed by atoms with Crippen molar-refractivity contribution < 1.29 is 14.3 Å². The van der Waals surface area contributed by atoms with Crippen molar-refractivity contribution in [2.24, 2.45) is 5.92 Å². The first kappa shape index (κ1) is 11.2. The second kappa shape index (κ2) is 4.09. The molecule has 1 unspecified atom stereocenters. The van der Waals surface area contributed by atoms with Crippen LogP contribution < -0.4 is 0 Å². The van der Waals surface area contributed by atoms with Crippen molar-refractivity contribution in [2.45, 2.75) is 26.3 Å². The summed E-state index contributed by atoms with van der Waals surface area (Å²) in [5.74, 6) is -0.248. The van der Waals surface area contributed by atoms with Gasteiger partial charge in [-0.3, -0.25) is 9.69 Å². The molecule has 1 heterocycles. The van der Waals surface area contributed by atoms with E-state index in [0.717, 1.165) is 6.29 Å². The number of cyclic esters (lactones) is 1. The number of morpholine rings is 1. The van der Waals surface area contributed by atoms with Crippen LogP contribution in [0.2, 0.25) is 0 Å². The number of esters is 1. The molecule has 0 radical (unpaired) electrons. The first-order valence-electron chi connectivity index (χ1n) is 4.81. The standard InChI is InChI=1S/C10H17NO3/c1-8(6-12)4-11-5-9(13)14-7-10(11,2)3/h6,8H,4-5,7H2,1-3H3. The molecule has 0 aromatic heterocycles. The lowest BCUT2D eigenvalue weighted by Crippen LogP contribution is -2.55. The number of carbonyl (C=O) groups excluding carboxylic acids is 2. The zero-order chi connectivity index (χ0) is 10.8. The van der Waals surface area contributed by atoms with E-state index >= 15 is 0 Å². The van der Waals surface area contributed by atoms with Crippen molar-refractivity contribution in [3.63, 3.8) is 0 Å². The fourth-order valence-corrected chi connectivity index (χ4v) is 1.47. The van der Waals surface area contributed by atoms with Gasteiger partial charge in [0.1, 0.15) is 12.9 Å². The summed E-state index contributed by atoms with van der Waals surface area (Å²) in [5.41, 5.74) is -0.162. The van der Waals surface area contributed by atoms with Gasteiger partial charge in [-0.1, -0.05) is 6.92 Å². The molecular weight excluding hydrogens is 182 g/mol. The van der Waals surface area contributed by atoms with Gasteiger partial charge in [0.15, 0.2) is 0 Å². The Morgan fingerprint density at radius 2 is 2.29 bits per heavy atom. The van der Waals surface area contributed by atoms with Gasteiger partial charge in [0.05, 0.1) is 12.1 Å². The van der Waals surface area contributed by atoms with Crippen LogP contribution in [0.15, 0.2) is 0 Å². The molecule has 1 saturated heterocycles. The molecule has 80 valence electrons. The second-order valence-electron chi connectivity index (χ2n) is 4.47. The van der Waals surface area contributed by atoms with E-state index in [-0.39, 0.29) is 24.0 Å². The van der Waals surface area contributed by atoms with Crippen LogP contribution in [0, 0.1) is 5.92 Å². The van der Waals surface area contributed by atoms with Crippen molar-refractivity contribution in [1.82, 2.24) is 4.90 Å². The van der Waals surface area contributed by atoms with Gasteiger partial charge in [0.25, 0.3) is 0 Å². The Bertz CT molecular complexity index is 238. The van der Waals surface area contributed by atoms with E-state index in [1.54, 1.807) is 0 Å². The summed E-state index contributed by atoms with van der Waals surface area (Å²) in [4.78, 5) is 23.6. The Morgan fingerprint density at radius 3 is 2.86 bits per heavy atom. The first-order valence-corrected chi connectivity index (χ1v) is 4.81. The SMILES string of the molecule is CC(C=O)CN1CC(=O)OCC1(C)C. The molecule has 1 rings (SSSR count). The van der Waals surface area contributed by atoms with E-state index in [2.05, 4.69) is 0 Å². The van der Waals surface area contributed by atoms with Crippen molar-refractivity contribution in [2.75, 3.05) is 19.7 Å². The maximum Gasteiger partial charge on any atom is 0.320 e. The minimum atomic E-state index is -0.206. The molecule has 0 spiro atoms. The quantitative estimate of drug-likeness (QED) is 0.489. The van der Waals surface area contributed by atoms with Gasteiger partial charge in [-0.2, -0.15) is 0 Å². The minimum absolute atomic E-state index is 0.0415. The molecule has 0 saturated carbocycles. The molecule has 0 bridgehead atoms. The summed E-state index contributed by atoms with van der Waals surface area (Å²) in [6, 6.07) is 0. The summed E-state index contributed by atoms with van der Waals surface area (Å²) >= 11 is 0. The molecule has 0 amide bonds. The van der Waals surface area contributed by atoms with Crippen LogP contribution in [0.1, 0.15) is 20.8 Å². The van der Waals surface area contributed by atoms with E-state index in [4.69, 9.17) is 4.74 Å². The largest absolute Gasteiger partial charge is 0.463 e. The zero-order valence-electron chi connectivity index (χ0n) is 8.95. The topological polar surface area (TPSA) is 46.6 Å². The molecule has 14 heavy (non-hydrogen) atoms. The number of ether oxygens (including phenoxy) is 1. The van der Waals surface area contributed by atoms with Crippen LogP contribution in [0.5, 0.6) is 0 Å². The van der Waals surface area contributed by atoms with Crippen LogP contribution in [-0.4, -0.2) is 42.4 Å². The van der Waals surface area contributed by atoms with E-state index in [9.17, 15) is 9.59 Å². The second-order valence-corrected chi connectivity index (χ2v) is 4.47. The Kier molecular flexibility index (Phi) is 3.26. The van der Waals surface area contributed by atoms with Crippen LogP contribution in [0.3, 0.4) is 0 Å². The Balaban J connectivity index is 2.62. The first-order chi connectivity index (χ1) is 6.45. The van der Waals surface area contributed by atoms with Crippen LogP contribution in [0.4, 0.5) is 0 Å². The maximum atomic E-state index is 11.1. The lowest BCUT2D eigenvalue weighted by molar-refractivity contribution is -0.160. The van der Waals surface area contributed by atoms with Crippen molar-refractivity contribution >= 4 is 12.3 Å². The van der Waals surface area contributed by atoms with Gasteiger partial charge in [-0.15, -0.1) is 0 Å². The molecule has 4 heteroatoms. The van der Waals surface area contributed by atoms with Crippen LogP contribution in [0.25, 0.3) is 0 Å². The zero-order valence-corrected chi connectivity index (χ0v) is 8.95. The molecule has 1 aliphatic heterocycles. The monoisotopic (exact) mass is 199 g/mol. The van der Waals surface area contributed by atoms with Gasteiger partial charge < -0.3 is 9.53 Å². The van der Waals surface area contributed by atoms with E-state index in [0.29, 0.717) is 13.2 Å². The van der Waals surface area contributed by atoms with E-state index in [1.807, 2.05) is 25.7 Å². The van der Waals surface area contributed by atoms with Gasteiger partial charge in [-0.05, 0) is 13.8 Å². The third kappa shape index (κ3) is 2.54. The number of nitrogens with zero attached hydrogens (tertiary/aromatic N) is 1. The average Bonchev–Trinajstić information content (AvgIpc) is 2.12. The fraction of sp³-hybridized carbons (Fsp3) is 0.800. The predicted molar refractivity (Wildman–Crippen MR) is 51.8 cm³/mol. The van der Waals surface area contributed by atoms with Gasteiger partial charge in [0.2, 0.25) is 0 Å². The molecule has 0 aromatic carbocycles. The number of aldehydes is 1. The molecular formula is C10H17NO3. The molecule has 4 nitrogen and oxygen atoms in total. The van der Waals surface area contributed by atoms with E-state index < -0.39 is 0 Å². The Morgan fingerprint density at radius 1 is 1.64 bits per heavy atom. The molecule has 1 aliphatic rings. The molecule has 0 N–H and O–H groups in total. The van der Waals surface area contributed by atoms with E-state index in [1.165, 1.54) is 0 Å². The normalized spacial score (nSPS) is 24.1. The molecule has 1 atom stereocenters. The summed E-state index contributed by atoms with van der Waals surface area (Å²) in [5, 5.41) is 0. The minimum Gasteiger partial charge on any atom is -0.463 e. The smallest absolute Gasteiger partial charge is 0.320 e. The fourth-order valence-electron chi connectivity index (χ4n) is 1.47. The molecule has 0 aromatic rings. The Labute approximate surface area is 84.2 Å². The summed E-state index contributed by atoms with van der Waals surface area (Å²) < 4.78 is 4.97. The number of hydrogen-bond donors (Lipinski definition) is 0. The average molecular weight is 199 g/mol. The molecule has 1 fully saturated rings. The van der Waals surface area contributed by atoms with Crippen LogP contribution in [-0.2, 0) is 14.3 Å². The summed E-state index contributed by atoms with van der Waals surface area (Å²) in [6.07, 6.45) is 0.913. The summed E-state index contributed by atoms with van der Waals surface area (Å²) in [6.45, 7) is 7.17. The number of carbonyl (C=O) groups is 2. The third-order valence-electron chi connectivity index (χ3n) is 2.50. The van der Waals surface area contributed by atoms with Crippen LogP contribution >= 0.6 is 0 Å². The lowest BCUT2D eigenvalue weighted by atomic mass is 10.0. The van der Waals surface area contributed by atoms with Gasteiger partial charge >= 0.3 is 5.97 Å². The van der Waals surface area contributed by atoms with Crippen molar-refractivity contribution in [3.8, 4) is 0 Å². The maximum absolute atomic E-state index is 11.1. The summed E-state index contributed by atoms with van der Waals surface area (Å²) in [7, 11) is 0. The highest BCUT2D eigenvalue weighted by molar-refractivity contribution is 5.72. The highest BCUT2D eigenvalue weighted by Gasteiger charge is 2.35. The van der Waals surface area contributed by atoms with Crippen molar-refractivity contribution in [1.29, 1.82) is 0 Å². The molecule has 0 aliphatic carbocycles.